The zero-order valence-corrected chi connectivity index (χ0v) is 19.0. The smallest absolute Gasteiger partial charge is 0.270 e. The van der Waals surface area contributed by atoms with Gasteiger partial charge < -0.3 is 20.8 Å². The Kier molecular flexibility index (Phi) is 6.06. The van der Waals surface area contributed by atoms with Crippen LogP contribution in [0.4, 0.5) is 21.6 Å². The van der Waals surface area contributed by atoms with Gasteiger partial charge in [0.15, 0.2) is 5.58 Å². The molecule has 4 N–H and O–H groups in total. The summed E-state index contributed by atoms with van der Waals surface area (Å²) in [4.78, 5) is 21.5. The van der Waals surface area contributed by atoms with Crippen LogP contribution >= 0.6 is 11.6 Å². The van der Waals surface area contributed by atoms with E-state index in [0.29, 0.717) is 39.3 Å². The first-order chi connectivity index (χ1) is 16.5. The lowest BCUT2D eigenvalue weighted by Gasteiger charge is -2.22. The van der Waals surface area contributed by atoms with Crippen molar-refractivity contribution in [3.8, 4) is 11.3 Å². The summed E-state index contributed by atoms with van der Waals surface area (Å²) in [6, 6.07) is 9.72. The van der Waals surface area contributed by atoms with Crippen LogP contribution < -0.4 is 16.4 Å². The molecule has 1 aliphatic rings. The molecule has 4 aromatic rings. The lowest BCUT2D eigenvalue weighted by atomic mass is 9.95. The highest BCUT2D eigenvalue weighted by atomic mass is 35.5. The topological polar surface area (TPSA) is 106 Å². The third-order valence-electron chi connectivity index (χ3n) is 6.03. The number of nitrogens with two attached hydrogens (primary N) is 1. The van der Waals surface area contributed by atoms with Crippen molar-refractivity contribution in [2.24, 2.45) is 0 Å². The second-order valence-electron chi connectivity index (χ2n) is 8.37. The summed E-state index contributed by atoms with van der Waals surface area (Å²) < 4.78 is 19.4. The quantitative estimate of drug-likeness (QED) is 0.320. The van der Waals surface area contributed by atoms with E-state index >= 15 is 0 Å². The van der Waals surface area contributed by atoms with E-state index < -0.39 is 5.82 Å². The van der Waals surface area contributed by atoms with Crippen LogP contribution in [0.25, 0.3) is 22.2 Å². The zero-order valence-electron chi connectivity index (χ0n) is 18.3. The standard InChI is InChI=1S/C25H23ClFN5O2/c26-18-13-16(6-7-19(18)27)31-22-17-9-11-30-21(23(17)34-24(22)28)14-8-10-29-20(12-14)25(33)32-15-4-2-1-3-5-15/h6-13,15,31H,1-5,28H2,(H,32,33). The first kappa shape index (κ1) is 22.2. The number of nitrogen functional groups attached to an aromatic ring is 1. The van der Waals surface area contributed by atoms with Crippen molar-refractivity contribution in [3.05, 3.63) is 65.3 Å². The van der Waals surface area contributed by atoms with Crippen molar-refractivity contribution < 1.29 is 13.6 Å². The maximum absolute atomic E-state index is 13.5. The van der Waals surface area contributed by atoms with Crippen LogP contribution in [0, 0.1) is 5.82 Å². The van der Waals surface area contributed by atoms with E-state index in [-0.39, 0.29) is 22.9 Å². The fourth-order valence-corrected chi connectivity index (χ4v) is 4.48. The first-order valence-electron chi connectivity index (χ1n) is 11.2. The van der Waals surface area contributed by atoms with Gasteiger partial charge in [-0.15, -0.1) is 0 Å². The minimum absolute atomic E-state index is 0.00505. The normalized spacial score (nSPS) is 14.3. The molecule has 0 radical (unpaired) electrons. The predicted molar refractivity (Wildman–Crippen MR) is 131 cm³/mol. The van der Waals surface area contributed by atoms with Crippen LogP contribution in [0.3, 0.4) is 0 Å². The number of furan rings is 1. The van der Waals surface area contributed by atoms with Crippen LogP contribution in [-0.4, -0.2) is 21.9 Å². The van der Waals surface area contributed by atoms with Gasteiger partial charge in [-0.25, -0.2) is 4.39 Å². The Bertz CT molecular complexity index is 1370. The molecule has 0 saturated heterocycles. The van der Waals surface area contributed by atoms with Crippen molar-refractivity contribution in [1.82, 2.24) is 15.3 Å². The second kappa shape index (κ2) is 9.30. The number of pyridine rings is 2. The van der Waals surface area contributed by atoms with E-state index in [0.717, 1.165) is 25.7 Å². The molecule has 0 bridgehead atoms. The third-order valence-corrected chi connectivity index (χ3v) is 6.32. The summed E-state index contributed by atoms with van der Waals surface area (Å²) in [5.74, 6) is -0.561. The summed E-state index contributed by atoms with van der Waals surface area (Å²) in [5.41, 5.74) is 9.23. The van der Waals surface area contributed by atoms with Crippen molar-refractivity contribution in [3.63, 3.8) is 0 Å². The second-order valence-corrected chi connectivity index (χ2v) is 8.78. The fourth-order valence-electron chi connectivity index (χ4n) is 4.30. The molecule has 0 atom stereocenters. The largest absolute Gasteiger partial charge is 0.436 e. The molecule has 1 saturated carbocycles. The highest BCUT2D eigenvalue weighted by Gasteiger charge is 2.20. The number of aromatic nitrogens is 2. The van der Waals surface area contributed by atoms with Crippen LogP contribution in [-0.2, 0) is 0 Å². The predicted octanol–water partition coefficient (Wildman–Crippen LogP) is 6.07. The van der Waals surface area contributed by atoms with Gasteiger partial charge in [0.25, 0.3) is 5.91 Å². The lowest BCUT2D eigenvalue weighted by Crippen LogP contribution is -2.36. The van der Waals surface area contributed by atoms with E-state index in [2.05, 4.69) is 20.6 Å². The number of anilines is 3. The number of halogens is 2. The molecule has 174 valence electrons. The summed E-state index contributed by atoms with van der Waals surface area (Å²) in [6.45, 7) is 0. The van der Waals surface area contributed by atoms with Crippen molar-refractivity contribution >= 4 is 45.7 Å². The molecule has 3 aromatic heterocycles. The molecule has 5 rings (SSSR count). The lowest BCUT2D eigenvalue weighted by molar-refractivity contribution is 0.0922. The Labute approximate surface area is 200 Å². The summed E-state index contributed by atoms with van der Waals surface area (Å²) >= 11 is 5.90. The molecule has 7 nitrogen and oxygen atoms in total. The van der Waals surface area contributed by atoms with Gasteiger partial charge in [-0.1, -0.05) is 30.9 Å². The Morgan fingerprint density at radius 2 is 1.88 bits per heavy atom. The Balaban J connectivity index is 1.46. The summed E-state index contributed by atoms with van der Waals surface area (Å²) in [5, 5.41) is 6.91. The van der Waals surface area contributed by atoms with Gasteiger partial charge in [0.2, 0.25) is 5.88 Å². The molecule has 0 unspecified atom stereocenters. The summed E-state index contributed by atoms with van der Waals surface area (Å²) in [7, 11) is 0. The number of carbonyl (C=O) groups is 1. The Morgan fingerprint density at radius 3 is 2.68 bits per heavy atom. The molecular formula is C25H23ClFN5O2. The van der Waals surface area contributed by atoms with E-state index in [1.807, 2.05) is 0 Å². The number of rotatable bonds is 5. The number of hydrogen-bond donors (Lipinski definition) is 3. The van der Waals surface area contributed by atoms with Gasteiger partial charge in [-0.2, -0.15) is 0 Å². The van der Waals surface area contributed by atoms with Gasteiger partial charge >= 0.3 is 0 Å². The fraction of sp³-hybridized carbons (Fsp3) is 0.240. The molecular weight excluding hydrogens is 457 g/mol. The van der Waals surface area contributed by atoms with E-state index in [1.165, 1.54) is 18.6 Å². The molecule has 34 heavy (non-hydrogen) atoms. The van der Waals surface area contributed by atoms with Crippen molar-refractivity contribution in [1.29, 1.82) is 0 Å². The molecule has 1 aromatic carbocycles. The van der Waals surface area contributed by atoms with Crippen LogP contribution in [0.2, 0.25) is 5.02 Å². The number of benzene rings is 1. The zero-order chi connectivity index (χ0) is 23.7. The van der Waals surface area contributed by atoms with Crippen molar-refractivity contribution in [2.75, 3.05) is 11.1 Å². The third kappa shape index (κ3) is 4.41. The van der Waals surface area contributed by atoms with E-state index in [1.54, 1.807) is 36.7 Å². The number of nitrogens with one attached hydrogen (secondary N) is 2. The van der Waals surface area contributed by atoms with Gasteiger partial charge in [0.05, 0.1) is 10.4 Å². The summed E-state index contributed by atoms with van der Waals surface area (Å²) in [6.07, 6.45) is 8.68. The molecule has 0 aliphatic heterocycles. The van der Waals surface area contributed by atoms with Gasteiger partial charge in [0.1, 0.15) is 22.9 Å². The number of fused-ring (bicyclic) bond motifs is 1. The SMILES string of the molecule is Nc1oc2c(-c3ccnc(C(=O)NC4CCCCC4)c3)nccc2c1Nc1ccc(F)c(Cl)c1. The maximum atomic E-state index is 13.5. The molecule has 1 aliphatic carbocycles. The van der Waals surface area contributed by atoms with E-state index in [9.17, 15) is 9.18 Å². The van der Waals surface area contributed by atoms with Crippen LogP contribution in [0.15, 0.2) is 53.2 Å². The highest BCUT2D eigenvalue weighted by Crippen LogP contribution is 2.39. The Morgan fingerprint density at radius 1 is 1.09 bits per heavy atom. The van der Waals surface area contributed by atoms with Crippen molar-refractivity contribution in [2.45, 2.75) is 38.1 Å². The Hall–Kier alpha value is -3.65. The average molecular weight is 480 g/mol. The van der Waals surface area contributed by atoms with Crippen LogP contribution in [0.1, 0.15) is 42.6 Å². The molecule has 9 heteroatoms. The molecule has 0 spiro atoms. The van der Waals surface area contributed by atoms with E-state index in [4.69, 9.17) is 21.8 Å². The number of nitrogens with zero attached hydrogens (tertiary/aromatic N) is 2. The minimum Gasteiger partial charge on any atom is -0.436 e. The maximum Gasteiger partial charge on any atom is 0.270 e. The van der Waals surface area contributed by atoms with Gasteiger partial charge in [-0.05, 0) is 49.2 Å². The number of hydrogen-bond acceptors (Lipinski definition) is 6. The molecule has 1 amide bonds. The highest BCUT2D eigenvalue weighted by molar-refractivity contribution is 6.31. The molecule has 1 fully saturated rings. The van der Waals surface area contributed by atoms with Gasteiger partial charge in [-0.3, -0.25) is 14.8 Å². The van der Waals surface area contributed by atoms with Gasteiger partial charge in [0, 0.05) is 29.7 Å². The first-order valence-corrected chi connectivity index (χ1v) is 11.5. The number of carbonyl (C=O) groups excluding carboxylic acids is 1. The van der Waals surface area contributed by atoms with Crippen LogP contribution in [0.5, 0.6) is 0 Å². The monoisotopic (exact) mass is 479 g/mol. The number of amides is 1. The minimum atomic E-state index is -0.509. The molecule has 3 heterocycles. The average Bonchev–Trinajstić information content (AvgIpc) is 3.17.